The summed E-state index contributed by atoms with van der Waals surface area (Å²) in [5, 5.41) is 15.8. The Balaban J connectivity index is 1.98. The Morgan fingerprint density at radius 2 is 1.52 bits per heavy atom. The van der Waals surface area contributed by atoms with E-state index in [4.69, 9.17) is 0 Å². The van der Waals surface area contributed by atoms with E-state index in [1.165, 1.54) is 11.1 Å². The molecule has 0 aromatic heterocycles. The first kappa shape index (κ1) is 15.8. The number of hydrogen-bond acceptors (Lipinski definition) is 2. The molecule has 2 aromatic rings. The van der Waals surface area contributed by atoms with Crippen LogP contribution in [0.5, 0.6) is 0 Å². The molecule has 0 radical (unpaired) electrons. The Kier molecular flexibility index (Phi) is 4.77. The number of nitrogens with two attached hydrogens (primary N) is 1. The van der Waals surface area contributed by atoms with Crippen LogP contribution < -0.4 is 5.32 Å². The Labute approximate surface area is 138 Å². The maximum absolute atomic E-state index is 9.61. The first-order valence-corrected chi connectivity index (χ1v) is 8.36. The van der Waals surface area contributed by atoms with Gasteiger partial charge in [0.1, 0.15) is 12.1 Å². The van der Waals surface area contributed by atoms with Gasteiger partial charge >= 0.3 is 0 Å². The molecule has 3 heteroatoms. The van der Waals surface area contributed by atoms with Crippen LogP contribution in [0.1, 0.15) is 43.5 Å². The monoisotopic (exact) mass is 309 g/mol. The summed E-state index contributed by atoms with van der Waals surface area (Å²) in [4.78, 5) is 0. The lowest BCUT2D eigenvalue weighted by Gasteiger charge is -2.37. The van der Waals surface area contributed by atoms with Gasteiger partial charge in [-0.05, 0) is 5.92 Å². The van der Waals surface area contributed by atoms with Crippen molar-refractivity contribution < 1.29 is 10.5 Å². The zero-order chi connectivity index (χ0) is 16.2. The van der Waals surface area contributed by atoms with Crippen molar-refractivity contribution in [3.05, 3.63) is 71.8 Å². The van der Waals surface area contributed by atoms with Crippen molar-refractivity contribution in [3.63, 3.8) is 0 Å². The first-order chi connectivity index (χ1) is 11.2. The standard InChI is InChI=1S/C20H24N2O/c1-14(2)19-18(22-23)13-17(15-9-5-3-6-10-15)21-20(19)16-11-7-4-8-12-16/h3-12,14,17,19-21,23H,13H2,1-2H3/p+1/b22-18-/t17-,19+,20+/m0/s1. The SMILES string of the molecule is CC(C)[C@@H]1/C(=N\O)C[C@@H](c2ccccc2)[NH2+][C@@H]1c1ccccc1. The van der Waals surface area contributed by atoms with Crippen LogP contribution in [0.4, 0.5) is 0 Å². The minimum Gasteiger partial charge on any atom is -0.411 e. The van der Waals surface area contributed by atoms with Crippen LogP contribution in [-0.2, 0) is 0 Å². The number of nitrogens with zero attached hydrogens (tertiary/aromatic N) is 1. The van der Waals surface area contributed by atoms with E-state index in [0.717, 1.165) is 12.1 Å². The summed E-state index contributed by atoms with van der Waals surface area (Å²) in [5.74, 6) is 0.682. The van der Waals surface area contributed by atoms with E-state index in [1.807, 2.05) is 12.1 Å². The molecule has 0 amide bonds. The van der Waals surface area contributed by atoms with E-state index < -0.39 is 0 Å². The van der Waals surface area contributed by atoms with Crippen molar-refractivity contribution in [2.24, 2.45) is 17.0 Å². The fourth-order valence-corrected chi connectivity index (χ4v) is 3.84. The molecular weight excluding hydrogens is 284 g/mol. The molecule has 0 saturated carbocycles. The molecule has 0 spiro atoms. The quantitative estimate of drug-likeness (QED) is 0.661. The third-order valence-electron chi connectivity index (χ3n) is 4.90. The summed E-state index contributed by atoms with van der Waals surface area (Å²) in [5.41, 5.74) is 3.51. The number of rotatable bonds is 3. The van der Waals surface area contributed by atoms with Crippen LogP contribution in [0.25, 0.3) is 0 Å². The van der Waals surface area contributed by atoms with Crippen molar-refractivity contribution in [2.75, 3.05) is 0 Å². The third-order valence-corrected chi connectivity index (χ3v) is 4.90. The fraction of sp³-hybridized carbons (Fsp3) is 0.350. The molecule has 1 fully saturated rings. The smallest absolute Gasteiger partial charge is 0.121 e. The minimum atomic E-state index is 0.252. The molecule has 1 heterocycles. The molecule has 0 unspecified atom stereocenters. The maximum atomic E-state index is 9.61. The first-order valence-electron chi connectivity index (χ1n) is 8.36. The molecule has 2 aromatic carbocycles. The summed E-state index contributed by atoms with van der Waals surface area (Å²) in [6, 6.07) is 21.7. The minimum absolute atomic E-state index is 0.252. The lowest BCUT2D eigenvalue weighted by molar-refractivity contribution is -0.743. The van der Waals surface area contributed by atoms with Crippen LogP contribution in [-0.4, -0.2) is 10.9 Å². The van der Waals surface area contributed by atoms with Gasteiger partial charge in [-0.1, -0.05) is 79.7 Å². The summed E-state index contributed by atoms with van der Waals surface area (Å²) in [6.07, 6.45) is 0.798. The fourth-order valence-electron chi connectivity index (χ4n) is 3.84. The Morgan fingerprint density at radius 1 is 0.957 bits per heavy atom. The van der Waals surface area contributed by atoms with E-state index in [-0.39, 0.29) is 12.0 Å². The van der Waals surface area contributed by atoms with Gasteiger partial charge in [0, 0.05) is 17.5 Å². The van der Waals surface area contributed by atoms with Crippen LogP contribution >= 0.6 is 0 Å². The van der Waals surface area contributed by atoms with Gasteiger partial charge in [0.15, 0.2) is 0 Å². The summed E-state index contributed by atoms with van der Waals surface area (Å²) in [7, 11) is 0. The summed E-state index contributed by atoms with van der Waals surface area (Å²) < 4.78 is 0. The van der Waals surface area contributed by atoms with E-state index in [1.54, 1.807) is 0 Å². The van der Waals surface area contributed by atoms with Gasteiger partial charge in [-0.2, -0.15) is 0 Å². The number of piperidine rings is 1. The van der Waals surface area contributed by atoms with Crippen molar-refractivity contribution in [1.29, 1.82) is 0 Å². The third kappa shape index (κ3) is 3.30. The lowest BCUT2D eigenvalue weighted by Crippen LogP contribution is -2.90. The number of oxime groups is 1. The number of hydrogen-bond donors (Lipinski definition) is 2. The normalized spacial score (nSPS) is 26.6. The van der Waals surface area contributed by atoms with Gasteiger partial charge in [0.25, 0.3) is 0 Å². The van der Waals surface area contributed by atoms with E-state index in [9.17, 15) is 5.21 Å². The Hall–Kier alpha value is -2.13. The number of quaternary nitrogens is 1. The zero-order valence-corrected chi connectivity index (χ0v) is 13.8. The van der Waals surface area contributed by atoms with Crippen molar-refractivity contribution in [2.45, 2.75) is 32.4 Å². The molecule has 0 bridgehead atoms. The zero-order valence-electron chi connectivity index (χ0n) is 13.8. The second kappa shape index (κ2) is 6.97. The molecule has 1 aliphatic heterocycles. The average molecular weight is 309 g/mol. The average Bonchev–Trinajstić information content (AvgIpc) is 2.62. The lowest BCUT2D eigenvalue weighted by atomic mass is 9.75. The molecule has 1 saturated heterocycles. The molecule has 120 valence electrons. The van der Waals surface area contributed by atoms with Gasteiger partial charge in [0.2, 0.25) is 0 Å². The molecule has 0 aliphatic carbocycles. The van der Waals surface area contributed by atoms with Gasteiger partial charge in [-0.15, -0.1) is 0 Å². The highest BCUT2D eigenvalue weighted by Crippen LogP contribution is 2.34. The predicted octanol–water partition coefficient (Wildman–Crippen LogP) is 3.54. The molecule has 3 N–H and O–H groups in total. The molecule has 1 aliphatic rings. The topological polar surface area (TPSA) is 49.2 Å². The van der Waals surface area contributed by atoms with Crippen LogP contribution in [0.15, 0.2) is 65.8 Å². The predicted molar refractivity (Wildman–Crippen MR) is 92.5 cm³/mol. The highest BCUT2D eigenvalue weighted by atomic mass is 16.4. The summed E-state index contributed by atoms with van der Waals surface area (Å²) in [6.45, 7) is 4.42. The van der Waals surface area contributed by atoms with Crippen LogP contribution in [0, 0.1) is 11.8 Å². The maximum Gasteiger partial charge on any atom is 0.121 e. The van der Waals surface area contributed by atoms with Crippen molar-refractivity contribution in [3.8, 4) is 0 Å². The largest absolute Gasteiger partial charge is 0.411 e. The van der Waals surface area contributed by atoms with E-state index in [2.05, 4.69) is 72.9 Å². The van der Waals surface area contributed by atoms with E-state index >= 15 is 0 Å². The molecule has 3 atom stereocenters. The van der Waals surface area contributed by atoms with Crippen molar-refractivity contribution >= 4 is 5.71 Å². The molecular formula is C20H25N2O+. The Morgan fingerprint density at radius 3 is 2.04 bits per heavy atom. The Bertz CT molecular complexity index is 652. The molecule has 23 heavy (non-hydrogen) atoms. The molecule has 3 rings (SSSR count). The van der Waals surface area contributed by atoms with Gasteiger partial charge in [-0.25, -0.2) is 0 Å². The van der Waals surface area contributed by atoms with Crippen LogP contribution in [0.3, 0.4) is 0 Å². The second-order valence-electron chi connectivity index (χ2n) is 6.71. The van der Waals surface area contributed by atoms with Gasteiger partial charge in [-0.3, -0.25) is 0 Å². The van der Waals surface area contributed by atoms with Crippen molar-refractivity contribution in [1.82, 2.24) is 0 Å². The highest BCUT2D eigenvalue weighted by molar-refractivity contribution is 5.88. The summed E-state index contributed by atoms with van der Waals surface area (Å²) >= 11 is 0. The van der Waals surface area contributed by atoms with E-state index in [0.29, 0.717) is 12.0 Å². The van der Waals surface area contributed by atoms with Crippen LogP contribution in [0.2, 0.25) is 0 Å². The molecule has 3 nitrogen and oxygen atoms in total. The number of benzene rings is 2. The van der Waals surface area contributed by atoms with Gasteiger partial charge < -0.3 is 10.5 Å². The highest BCUT2D eigenvalue weighted by Gasteiger charge is 2.41. The second-order valence-corrected chi connectivity index (χ2v) is 6.71. The van der Waals surface area contributed by atoms with Gasteiger partial charge in [0.05, 0.1) is 11.6 Å².